The van der Waals surface area contributed by atoms with Crippen molar-refractivity contribution in [3.63, 3.8) is 0 Å². The molecule has 0 aromatic carbocycles. The molecule has 1 amide bonds. The normalized spacial score (nSPS) is 16.0. The maximum Gasteiger partial charge on any atom is 0.225 e. The van der Waals surface area contributed by atoms with Gasteiger partial charge < -0.3 is 5.32 Å². The molecule has 1 fully saturated rings. The van der Waals surface area contributed by atoms with E-state index in [1.165, 1.54) is 19.3 Å². The van der Waals surface area contributed by atoms with Gasteiger partial charge in [-0.15, -0.1) is 16.4 Å². The minimum Gasteiger partial charge on any atom is -0.348 e. The molecule has 0 spiro atoms. The summed E-state index contributed by atoms with van der Waals surface area (Å²) in [5.41, 5.74) is 0. The Bertz CT molecular complexity index is 574. The summed E-state index contributed by atoms with van der Waals surface area (Å²) < 4.78 is 1.89. The summed E-state index contributed by atoms with van der Waals surface area (Å²) >= 11 is 1.59. The van der Waals surface area contributed by atoms with Gasteiger partial charge in [-0.2, -0.15) is 0 Å². The van der Waals surface area contributed by atoms with E-state index in [0.717, 1.165) is 23.5 Å². The lowest BCUT2D eigenvalue weighted by Crippen LogP contribution is -2.27. The molecule has 0 bridgehead atoms. The molecule has 2 heterocycles. The van der Waals surface area contributed by atoms with Crippen molar-refractivity contribution in [2.45, 2.75) is 51.1 Å². The van der Waals surface area contributed by atoms with Gasteiger partial charge in [0.15, 0.2) is 5.82 Å². The summed E-state index contributed by atoms with van der Waals surface area (Å²) in [4.78, 5) is 13.0. The minimum absolute atomic E-state index is 0.00986. The molecule has 0 unspecified atom stereocenters. The molecule has 21 heavy (non-hydrogen) atoms. The van der Waals surface area contributed by atoms with E-state index >= 15 is 0 Å². The topological polar surface area (TPSA) is 72.7 Å². The summed E-state index contributed by atoms with van der Waals surface area (Å²) in [5, 5.41) is 16.8. The van der Waals surface area contributed by atoms with Crippen LogP contribution in [0.3, 0.4) is 0 Å². The van der Waals surface area contributed by atoms with Crippen molar-refractivity contribution in [3.8, 4) is 0 Å². The first-order valence-corrected chi connectivity index (χ1v) is 8.27. The number of nitrogens with zero attached hydrogens (tertiary/aromatic N) is 4. The SMILES string of the molecule is O=C(Cc1cccs1)NCc1nnnn1C1CCCCC1. The van der Waals surface area contributed by atoms with Crippen LogP contribution in [0.25, 0.3) is 0 Å². The quantitative estimate of drug-likeness (QED) is 0.918. The molecule has 0 radical (unpaired) electrons. The van der Waals surface area contributed by atoms with Crippen LogP contribution < -0.4 is 5.32 Å². The number of tetrazole rings is 1. The standard InChI is InChI=1S/C14H19N5OS/c20-14(9-12-7-4-8-21-12)15-10-13-16-17-18-19(13)11-5-2-1-3-6-11/h4,7-8,11H,1-3,5-6,9-10H2,(H,15,20). The van der Waals surface area contributed by atoms with Gasteiger partial charge in [0.1, 0.15) is 0 Å². The summed E-state index contributed by atoms with van der Waals surface area (Å²) in [6.45, 7) is 0.397. The van der Waals surface area contributed by atoms with Crippen LogP contribution in [0.1, 0.15) is 48.8 Å². The van der Waals surface area contributed by atoms with E-state index in [9.17, 15) is 4.79 Å². The van der Waals surface area contributed by atoms with E-state index in [0.29, 0.717) is 19.0 Å². The molecule has 1 aliphatic rings. The van der Waals surface area contributed by atoms with Gasteiger partial charge in [0, 0.05) is 4.88 Å². The van der Waals surface area contributed by atoms with Gasteiger partial charge in [-0.25, -0.2) is 4.68 Å². The molecule has 6 nitrogen and oxygen atoms in total. The number of amides is 1. The highest BCUT2D eigenvalue weighted by Crippen LogP contribution is 2.27. The van der Waals surface area contributed by atoms with Crippen LogP contribution in [0.15, 0.2) is 17.5 Å². The number of carbonyl (C=O) groups excluding carboxylic acids is 1. The van der Waals surface area contributed by atoms with Crippen LogP contribution in [0.2, 0.25) is 0 Å². The van der Waals surface area contributed by atoms with Crippen molar-refractivity contribution in [3.05, 3.63) is 28.2 Å². The molecule has 2 aromatic heterocycles. The van der Waals surface area contributed by atoms with Crippen molar-refractivity contribution in [2.24, 2.45) is 0 Å². The molecule has 0 aliphatic heterocycles. The third kappa shape index (κ3) is 3.66. The third-order valence-electron chi connectivity index (χ3n) is 3.84. The number of rotatable bonds is 5. The molecule has 2 aromatic rings. The lowest BCUT2D eigenvalue weighted by atomic mass is 9.95. The first kappa shape index (κ1) is 14.2. The number of hydrogen-bond acceptors (Lipinski definition) is 5. The Kier molecular flexibility index (Phi) is 4.59. The Balaban J connectivity index is 1.55. The molecule has 7 heteroatoms. The summed E-state index contributed by atoms with van der Waals surface area (Å²) in [5.74, 6) is 0.761. The van der Waals surface area contributed by atoms with Crippen molar-refractivity contribution >= 4 is 17.2 Å². The molecular weight excluding hydrogens is 286 g/mol. The zero-order valence-electron chi connectivity index (χ0n) is 11.9. The first-order valence-electron chi connectivity index (χ1n) is 7.39. The van der Waals surface area contributed by atoms with Gasteiger partial charge in [-0.05, 0) is 34.7 Å². The van der Waals surface area contributed by atoms with Crippen LogP contribution in [-0.4, -0.2) is 26.1 Å². The predicted molar refractivity (Wildman–Crippen MR) is 79.8 cm³/mol. The molecule has 3 rings (SSSR count). The highest BCUT2D eigenvalue weighted by atomic mass is 32.1. The van der Waals surface area contributed by atoms with Crippen molar-refractivity contribution < 1.29 is 4.79 Å². The Labute approximate surface area is 127 Å². The van der Waals surface area contributed by atoms with Crippen molar-refractivity contribution in [1.29, 1.82) is 0 Å². The van der Waals surface area contributed by atoms with Gasteiger partial charge in [0.25, 0.3) is 0 Å². The molecule has 1 saturated carbocycles. The maximum atomic E-state index is 11.9. The van der Waals surface area contributed by atoms with E-state index in [-0.39, 0.29) is 5.91 Å². The zero-order valence-corrected chi connectivity index (χ0v) is 12.7. The van der Waals surface area contributed by atoms with E-state index in [1.807, 2.05) is 22.2 Å². The predicted octanol–water partition coefficient (Wildman–Crippen LogP) is 2.10. The summed E-state index contributed by atoms with van der Waals surface area (Å²) in [6, 6.07) is 4.31. The van der Waals surface area contributed by atoms with E-state index in [2.05, 4.69) is 20.8 Å². The number of hydrogen-bond donors (Lipinski definition) is 1. The molecular formula is C14H19N5OS. The van der Waals surface area contributed by atoms with Crippen LogP contribution in [0.5, 0.6) is 0 Å². The maximum absolute atomic E-state index is 11.9. The van der Waals surface area contributed by atoms with E-state index in [4.69, 9.17) is 0 Å². The Morgan fingerprint density at radius 2 is 2.24 bits per heavy atom. The fraction of sp³-hybridized carbons (Fsp3) is 0.571. The second-order valence-electron chi connectivity index (χ2n) is 5.36. The average molecular weight is 305 g/mol. The van der Waals surface area contributed by atoms with Crippen LogP contribution >= 0.6 is 11.3 Å². The van der Waals surface area contributed by atoms with Crippen LogP contribution in [0.4, 0.5) is 0 Å². The van der Waals surface area contributed by atoms with Crippen molar-refractivity contribution in [2.75, 3.05) is 0 Å². The van der Waals surface area contributed by atoms with Gasteiger partial charge >= 0.3 is 0 Å². The number of thiophene rings is 1. The van der Waals surface area contributed by atoms with E-state index in [1.54, 1.807) is 11.3 Å². The third-order valence-corrected chi connectivity index (χ3v) is 4.72. The minimum atomic E-state index is 0.00986. The molecule has 0 atom stereocenters. The van der Waals surface area contributed by atoms with Gasteiger partial charge in [0.2, 0.25) is 5.91 Å². The Hall–Kier alpha value is -1.76. The first-order chi connectivity index (χ1) is 10.3. The Morgan fingerprint density at radius 1 is 1.38 bits per heavy atom. The largest absolute Gasteiger partial charge is 0.348 e. The highest BCUT2D eigenvalue weighted by molar-refractivity contribution is 7.10. The smallest absolute Gasteiger partial charge is 0.225 e. The molecule has 112 valence electrons. The van der Waals surface area contributed by atoms with Crippen molar-refractivity contribution in [1.82, 2.24) is 25.5 Å². The van der Waals surface area contributed by atoms with Gasteiger partial charge in [-0.1, -0.05) is 25.3 Å². The summed E-state index contributed by atoms with van der Waals surface area (Å²) in [6.07, 6.45) is 6.43. The second kappa shape index (κ2) is 6.80. The van der Waals surface area contributed by atoms with Crippen LogP contribution in [-0.2, 0) is 17.8 Å². The molecule has 1 N–H and O–H groups in total. The highest BCUT2D eigenvalue weighted by Gasteiger charge is 2.20. The number of carbonyl (C=O) groups is 1. The van der Waals surface area contributed by atoms with E-state index < -0.39 is 0 Å². The molecule has 1 aliphatic carbocycles. The molecule has 0 saturated heterocycles. The lowest BCUT2D eigenvalue weighted by Gasteiger charge is -2.22. The fourth-order valence-corrected chi connectivity index (χ4v) is 3.45. The monoisotopic (exact) mass is 305 g/mol. The number of aromatic nitrogens is 4. The summed E-state index contributed by atoms with van der Waals surface area (Å²) in [7, 11) is 0. The van der Waals surface area contributed by atoms with Gasteiger partial charge in [-0.3, -0.25) is 4.79 Å². The van der Waals surface area contributed by atoms with Crippen LogP contribution in [0, 0.1) is 0 Å². The van der Waals surface area contributed by atoms with Gasteiger partial charge in [0.05, 0.1) is 19.0 Å². The average Bonchev–Trinajstić information content (AvgIpc) is 3.17. The second-order valence-corrected chi connectivity index (χ2v) is 6.40. The zero-order chi connectivity index (χ0) is 14.5. The fourth-order valence-electron chi connectivity index (χ4n) is 2.75. The lowest BCUT2D eigenvalue weighted by molar-refractivity contribution is -0.120. The Morgan fingerprint density at radius 3 is 3.00 bits per heavy atom. The number of nitrogens with one attached hydrogen (secondary N) is 1.